The molecule has 0 aliphatic carbocycles. The molecular weight excluding hydrogens is 450 g/mol. The molecule has 0 N–H and O–H groups in total. The van der Waals surface area contributed by atoms with Gasteiger partial charge in [-0.1, -0.05) is 23.7 Å². The zero-order chi connectivity index (χ0) is 23.3. The van der Waals surface area contributed by atoms with Gasteiger partial charge in [0.1, 0.15) is 18.0 Å². The van der Waals surface area contributed by atoms with E-state index >= 15 is 0 Å². The topological polar surface area (TPSA) is 63.0 Å². The Balaban J connectivity index is 1.19. The van der Waals surface area contributed by atoms with E-state index in [4.69, 9.17) is 21.3 Å². The molecule has 0 atom stereocenters. The van der Waals surface area contributed by atoms with E-state index in [0.717, 1.165) is 49.5 Å². The molecule has 1 amide bonds. The van der Waals surface area contributed by atoms with Crippen molar-refractivity contribution in [2.75, 3.05) is 26.2 Å². The highest BCUT2D eigenvalue weighted by atomic mass is 35.5. The van der Waals surface area contributed by atoms with Gasteiger partial charge in [0.2, 0.25) is 0 Å². The molecule has 1 fully saturated rings. The molecular formula is C26H26ClN5O2. The summed E-state index contributed by atoms with van der Waals surface area (Å²) in [5, 5.41) is 0.687. The Morgan fingerprint density at radius 1 is 1.03 bits per heavy atom. The van der Waals surface area contributed by atoms with Crippen molar-refractivity contribution < 1.29 is 9.53 Å². The Hall–Kier alpha value is -3.42. The van der Waals surface area contributed by atoms with E-state index in [2.05, 4.69) is 9.88 Å². The maximum absolute atomic E-state index is 13.2. The number of imidazole rings is 1. The minimum atomic E-state index is 0.0380. The predicted octanol–water partition coefficient (Wildman–Crippen LogP) is 4.31. The number of benzene rings is 1. The van der Waals surface area contributed by atoms with E-state index < -0.39 is 0 Å². The van der Waals surface area contributed by atoms with Crippen molar-refractivity contribution in [3.8, 4) is 5.75 Å². The summed E-state index contributed by atoms with van der Waals surface area (Å²) in [5.74, 6) is 0.717. The summed E-state index contributed by atoms with van der Waals surface area (Å²) in [4.78, 5) is 26.3. The number of pyridine rings is 2. The molecule has 0 saturated carbocycles. The summed E-state index contributed by atoms with van der Waals surface area (Å²) in [6.07, 6.45) is 8.32. The molecule has 8 heteroatoms. The van der Waals surface area contributed by atoms with Crippen LogP contribution in [0.25, 0.3) is 5.65 Å². The number of halogens is 1. The number of rotatable bonds is 6. The quantitative estimate of drug-likeness (QED) is 0.416. The molecule has 4 heterocycles. The maximum atomic E-state index is 13.2. The maximum Gasteiger partial charge on any atom is 0.254 e. The number of fused-ring (bicyclic) bond motifs is 1. The van der Waals surface area contributed by atoms with Crippen molar-refractivity contribution in [2.45, 2.75) is 19.6 Å². The lowest BCUT2D eigenvalue weighted by atomic mass is 10.2. The van der Waals surface area contributed by atoms with Gasteiger partial charge in [0, 0.05) is 68.6 Å². The summed E-state index contributed by atoms with van der Waals surface area (Å²) < 4.78 is 7.83. The van der Waals surface area contributed by atoms with Gasteiger partial charge in [0.15, 0.2) is 0 Å². The predicted molar refractivity (Wildman–Crippen MR) is 131 cm³/mol. The third-order valence-electron chi connectivity index (χ3n) is 5.94. The van der Waals surface area contributed by atoms with Crippen LogP contribution in [0.15, 0.2) is 73.3 Å². The monoisotopic (exact) mass is 475 g/mol. The lowest BCUT2D eigenvalue weighted by Crippen LogP contribution is -2.35. The minimum absolute atomic E-state index is 0.0380. The fourth-order valence-electron chi connectivity index (χ4n) is 4.21. The van der Waals surface area contributed by atoms with Crippen LogP contribution >= 0.6 is 11.6 Å². The molecule has 1 aromatic carbocycles. The Bertz CT molecular complexity index is 1280. The Kier molecular flexibility index (Phi) is 6.74. The van der Waals surface area contributed by atoms with Crippen molar-refractivity contribution in [3.05, 3.63) is 95.2 Å². The smallest absolute Gasteiger partial charge is 0.254 e. The first kappa shape index (κ1) is 22.4. The molecule has 34 heavy (non-hydrogen) atoms. The summed E-state index contributed by atoms with van der Waals surface area (Å²) >= 11 is 6.09. The van der Waals surface area contributed by atoms with Crippen molar-refractivity contribution in [1.29, 1.82) is 0 Å². The first-order valence-corrected chi connectivity index (χ1v) is 11.8. The van der Waals surface area contributed by atoms with E-state index in [1.54, 1.807) is 12.4 Å². The van der Waals surface area contributed by atoms with Gasteiger partial charge < -0.3 is 14.0 Å². The number of amides is 1. The molecule has 174 valence electrons. The summed E-state index contributed by atoms with van der Waals surface area (Å²) in [7, 11) is 0. The zero-order valence-corrected chi connectivity index (χ0v) is 19.6. The van der Waals surface area contributed by atoms with Gasteiger partial charge in [-0.3, -0.25) is 14.7 Å². The SMILES string of the molecule is O=C(c1cccc(OCc2cccnc2)c1)N1CCCN(Cc2cn3cc(Cl)ccc3n2)CC1. The number of hydrogen-bond donors (Lipinski definition) is 0. The number of nitrogens with zero attached hydrogens (tertiary/aromatic N) is 5. The van der Waals surface area contributed by atoms with Crippen molar-refractivity contribution >= 4 is 23.2 Å². The van der Waals surface area contributed by atoms with Crippen LogP contribution in [-0.2, 0) is 13.2 Å². The highest BCUT2D eigenvalue weighted by Crippen LogP contribution is 2.18. The highest BCUT2D eigenvalue weighted by Gasteiger charge is 2.21. The van der Waals surface area contributed by atoms with Crippen LogP contribution < -0.4 is 4.74 Å². The average Bonchev–Trinajstić information content (AvgIpc) is 3.11. The molecule has 4 aromatic rings. The lowest BCUT2D eigenvalue weighted by molar-refractivity contribution is 0.0760. The summed E-state index contributed by atoms with van der Waals surface area (Å²) in [6, 6.07) is 15.0. The van der Waals surface area contributed by atoms with Gasteiger partial charge in [-0.25, -0.2) is 4.98 Å². The third kappa shape index (κ3) is 5.38. The number of ether oxygens (including phenoxy) is 1. The van der Waals surface area contributed by atoms with Gasteiger partial charge in [-0.2, -0.15) is 0 Å². The van der Waals surface area contributed by atoms with Gasteiger partial charge in [-0.05, 0) is 42.8 Å². The molecule has 0 bridgehead atoms. The second-order valence-corrected chi connectivity index (χ2v) is 8.88. The molecule has 7 nitrogen and oxygen atoms in total. The second-order valence-electron chi connectivity index (χ2n) is 8.44. The van der Waals surface area contributed by atoms with Gasteiger partial charge in [0.05, 0.1) is 10.7 Å². The molecule has 1 aliphatic heterocycles. The largest absolute Gasteiger partial charge is 0.489 e. The van der Waals surface area contributed by atoms with E-state index in [9.17, 15) is 4.79 Å². The van der Waals surface area contributed by atoms with Gasteiger partial charge in [-0.15, -0.1) is 0 Å². The molecule has 1 aliphatic rings. The lowest BCUT2D eigenvalue weighted by Gasteiger charge is -2.22. The van der Waals surface area contributed by atoms with Crippen LogP contribution in [0, 0.1) is 0 Å². The summed E-state index contributed by atoms with van der Waals surface area (Å²) in [6.45, 7) is 4.30. The third-order valence-corrected chi connectivity index (χ3v) is 6.16. The first-order valence-electron chi connectivity index (χ1n) is 11.4. The van der Waals surface area contributed by atoms with Gasteiger partial charge >= 0.3 is 0 Å². The van der Waals surface area contributed by atoms with Crippen molar-refractivity contribution in [2.24, 2.45) is 0 Å². The fourth-order valence-corrected chi connectivity index (χ4v) is 4.37. The normalized spacial score (nSPS) is 14.8. The molecule has 3 aromatic heterocycles. The highest BCUT2D eigenvalue weighted by molar-refractivity contribution is 6.30. The van der Waals surface area contributed by atoms with Gasteiger partial charge in [0.25, 0.3) is 5.91 Å². The molecule has 0 unspecified atom stereocenters. The fraction of sp³-hybridized carbons (Fsp3) is 0.269. The van der Waals surface area contributed by atoms with E-state index in [-0.39, 0.29) is 5.91 Å². The molecule has 0 radical (unpaired) electrons. The average molecular weight is 476 g/mol. The van der Waals surface area contributed by atoms with Crippen molar-refractivity contribution in [1.82, 2.24) is 24.2 Å². The standard InChI is InChI=1S/C26H26ClN5O2/c27-22-7-8-25-29-23(18-32(25)16-22)17-30-10-3-11-31(13-12-30)26(33)21-5-1-6-24(14-21)34-19-20-4-2-9-28-15-20/h1-2,4-9,14-16,18H,3,10-13,17,19H2. The summed E-state index contributed by atoms with van der Waals surface area (Å²) in [5.41, 5.74) is 3.52. The second kappa shape index (κ2) is 10.2. The number of hydrogen-bond acceptors (Lipinski definition) is 5. The minimum Gasteiger partial charge on any atom is -0.489 e. The van der Waals surface area contributed by atoms with Crippen molar-refractivity contribution in [3.63, 3.8) is 0 Å². The van der Waals surface area contributed by atoms with Crippen LogP contribution in [0.1, 0.15) is 28.0 Å². The first-order chi connectivity index (χ1) is 16.6. The van der Waals surface area contributed by atoms with E-state index in [1.165, 1.54) is 0 Å². The number of carbonyl (C=O) groups excluding carboxylic acids is 1. The Morgan fingerprint density at radius 3 is 2.85 bits per heavy atom. The molecule has 5 rings (SSSR count). The Labute approximate surface area is 203 Å². The molecule has 0 spiro atoms. The van der Waals surface area contributed by atoms with Crippen LogP contribution in [0.3, 0.4) is 0 Å². The van der Waals surface area contributed by atoms with Crippen LogP contribution in [0.5, 0.6) is 5.75 Å². The van der Waals surface area contributed by atoms with Crippen LogP contribution in [0.2, 0.25) is 5.02 Å². The zero-order valence-electron chi connectivity index (χ0n) is 18.8. The van der Waals surface area contributed by atoms with E-state index in [1.807, 2.05) is 70.2 Å². The van der Waals surface area contributed by atoms with Crippen LogP contribution in [-0.4, -0.2) is 56.3 Å². The number of aromatic nitrogens is 3. The van der Waals surface area contributed by atoms with E-state index in [0.29, 0.717) is 29.5 Å². The van der Waals surface area contributed by atoms with Crippen LogP contribution in [0.4, 0.5) is 0 Å². The number of carbonyl (C=O) groups is 1. The Morgan fingerprint density at radius 2 is 1.97 bits per heavy atom. The molecule has 1 saturated heterocycles.